The van der Waals surface area contributed by atoms with E-state index in [-0.39, 0.29) is 12.0 Å². The van der Waals surface area contributed by atoms with E-state index in [4.69, 9.17) is 9.73 Å². The average Bonchev–Trinajstić information content (AvgIpc) is 3.45. The van der Waals surface area contributed by atoms with Crippen LogP contribution in [0.5, 0.6) is 0 Å². The first-order valence-electron chi connectivity index (χ1n) is 12.7. The Morgan fingerprint density at radius 3 is 1.57 bits per heavy atom. The van der Waals surface area contributed by atoms with Crippen LogP contribution in [0.2, 0.25) is 0 Å². The number of ether oxygens (including phenoxy) is 1. The van der Waals surface area contributed by atoms with Crippen LogP contribution in [0.1, 0.15) is 28.7 Å². The van der Waals surface area contributed by atoms with Crippen LogP contribution in [0.3, 0.4) is 0 Å². The van der Waals surface area contributed by atoms with Crippen molar-refractivity contribution in [3.8, 4) is 0 Å². The molecule has 0 radical (unpaired) electrons. The van der Waals surface area contributed by atoms with Crippen molar-refractivity contribution < 1.29 is 4.74 Å². The van der Waals surface area contributed by atoms with Gasteiger partial charge in [0.1, 0.15) is 12.6 Å². The standard InChI is InChI=1S/C34H28NOP/c1-5-15-26(16-6-1)33(27-17-7-2-8-18-27)34-35-31(25-36-34)30-23-13-14-24-32(30)37(28-19-9-3-10-20-28)29-21-11-4-12-22-29/h1-24,31,33H,25H2/t31-/m0/s1. The van der Waals surface area contributed by atoms with Crippen molar-refractivity contribution in [3.63, 3.8) is 0 Å². The van der Waals surface area contributed by atoms with Gasteiger partial charge in [0.15, 0.2) is 5.90 Å². The molecular formula is C34H28NOP. The van der Waals surface area contributed by atoms with E-state index >= 15 is 0 Å². The Bertz CT molecular complexity index is 1390. The first-order valence-corrected chi connectivity index (χ1v) is 14.0. The van der Waals surface area contributed by atoms with Crippen LogP contribution in [0.4, 0.5) is 0 Å². The second-order valence-electron chi connectivity index (χ2n) is 9.11. The molecule has 0 saturated carbocycles. The van der Waals surface area contributed by atoms with Crippen LogP contribution in [-0.4, -0.2) is 12.5 Å². The lowest BCUT2D eigenvalue weighted by atomic mass is 9.91. The molecule has 1 heterocycles. The third kappa shape index (κ3) is 4.99. The molecule has 3 heteroatoms. The van der Waals surface area contributed by atoms with Crippen molar-refractivity contribution in [2.45, 2.75) is 12.0 Å². The molecule has 1 atom stereocenters. The van der Waals surface area contributed by atoms with Crippen molar-refractivity contribution in [1.82, 2.24) is 0 Å². The van der Waals surface area contributed by atoms with Gasteiger partial charge in [0, 0.05) is 0 Å². The summed E-state index contributed by atoms with van der Waals surface area (Å²) in [5.41, 5.74) is 3.63. The summed E-state index contributed by atoms with van der Waals surface area (Å²) >= 11 is 0. The fourth-order valence-electron chi connectivity index (χ4n) is 5.03. The molecule has 1 aliphatic rings. The molecule has 5 aromatic carbocycles. The van der Waals surface area contributed by atoms with E-state index in [1.807, 2.05) is 0 Å². The maximum atomic E-state index is 6.39. The van der Waals surface area contributed by atoms with Gasteiger partial charge in [-0.05, 0) is 40.5 Å². The molecule has 0 aromatic heterocycles. The largest absolute Gasteiger partial charge is 0.478 e. The minimum Gasteiger partial charge on any atom is -0.478 e. The zero-order valence-electron chi connectivity index (χ0n) is 20.5. The second kappa shape index (κ2) is 10.9. The van der Waals surface area contributed by atoms with Gasteiger partial charge >= 0.3 is 0 Å². The van der Waals surface area contributed by atoms with Gasteiger partial charge in [0.05, 0.1) is 5.92 Å². The van der Waals surface area contributed by atoms with Crippen molar-refractivity contribution >= 4 is 29.7 Å². The van der Waals surface area contributed by atoms with Crippen LogP contribution in [0.15, 0.2) is 151 Å². The van der Waals surface area contributed by atoms with Crippen molar-refractivity contribution in [2.75, 3.05) is 6.61 Å². The number of benzene rings is 5. The van der Waals surface area contributed by atoms with Gasteiger partial charge in [-0.3, -0.25) is 0 Å². The van der Waals surface area contributed by atoms with E-state index in [1.165, 1.54) is 32.6 Å². The topological polar surface area (TPSA) is 21.6 Å². The van der Waals surface area contributed by atoms with Gasteiger partial charge in [-0.1, -0.05) is 146 Å². The molecule has 6 rings (SSSR count). The zero-order valence-corrected chi connectivity index (χ0v) is 21.4. The van der Waals surface area contributed by atoms with Gasteiger partial charge in [0.2, 0.25) is 0 Å². The Morgan fingerprint density at radius 2 is 1.03 bits per heavy atom. The maximum Gasteiger partial charge on any atom is 0.196 e. The van der Waals surface area contributed by atoms with E-state index in [1.54, 1.807) is 0 Å². The Morgan fingerprint density at radius 1 is 0.568 bits per heavy atom. The molecule has 0 bridgehead atoms. The lowest BCUT2D eigenvalue weighted by Crippen LogP contribution is -2.24. The third-order valence-corrected chi connectivity index (χ3v) is 9.27. The quantitative estimate of drug-likeness (QED) is 0.228. The fraction of sp³-hybridized carbons (Fsp3) is 0.0882. The first-order chi connectivity index (χ1) is 18.4. The molecule has 0 spiro atoms. The molecule has 0 unspecified atom stereocenters. The molecule has 0 saturated heterocycles. The van der Waals surface area contributed by atoms with Crippen LogP contribution in [0.25, 0.3) is 0 Å². The monoisotopic (exact) mass is 497 g/mol. The second-order valence-corrected chi connectivity index (χ2v) is 11.3. The Labute approximate surface area is 220 Å². The highest BCUT2D eigenvalue weighted by Crippen LogP contribution is 2.38. The number of hydrogen-bond acceptors (Lipinski definition) is 2. The molecule has 0 aliphatic carbocycles. The molecule has 1 aliphatic heterocycles. The van der Waals surface area contributed by atoms with Crippen molar-refractivity contribution in [3.05, 3.63) is 162 Å². The van der Waals surface area contributed by atoms with Gasteiger partial charge in [-0.15, -0.1) is 0 Å². The summed E-state index contributed by atoms with van der Waals surface area (Å²) in [5, 5.41) is 4.01. The molecule has 2 nitrogen and oxygen atoms in total. The van der Waals surface area contributed by atoms with Crippen LogP contribution in [-0.2, 0) is 4.74 Å². The Balaban J connectivity index is 1.43. The predicted octanol–water partition coefficient (Wildman–Crippen LogP) is 6.75. The molecule has 180 valence electrons. The predicted molar refractivity (Wildman–Crippen MR) is 156 cm³/mol. The van der Waals surface area contributed by atoms with E-state index in [2.05, 4.69) is 146 Å². The van der Waals surface area contributed by atoms with Gasteiger partial charge in [-0.2, -0.15) is 0 Å². The van der Waals surface area contributed by atoms with Gasteiger partial charge in [-0.25, -0.2) is 4.99 Å². The van der Waals surface area contributed by atoms with Crippen molar-refractivity contribution in [2.24, 2.45) is 4.99 Å². The molecular weight excluding hydrogens is 469 g/mol. The summed E-state index contributed by atoms with van der Waals surface area (Å²) < 4.78 is 6.39. The van der Waals surface area contributed by atoms with E-state index in [9.17, 15) is 0 Å². The van der Waals surface area contributed by atoms with Crippen LogP contribution < -0.4 is 15.9 Å². The molecule has 5 aromatic rings. The lowest BCUT2D eigenvalue weighted by Gasteiger charge is -2.23. The highest BCUT2D eigenvalue weighted by Gasteiger charge is 2.31. The normalized spacial score (nSPS) is 15.0. The lowest BCUT2D eigenvalue weighted by molar-refractivity contribution is 0.310. The molecule has 37 heavy (non-hydrogen) atoms. The number of rotatable bonds is 7. The Kier molecular flexibility index (Phi) is 6.92. The molecule has 0 N–H and O–H groups in total. The SMILES string of the molecule is c1ccc(C(C2=N[C@H](c3ccccc3P(c3ccccc3)c3ccccc3)CO2)c2ccccc2)cc1. The summed E-state index contributed by atoms with van der Waals surface area (Å²) in [5.74, 6) is 0.769. The summed E-state index contributed by atoms with van der Waals surface area (Å²) in [4.78, 5) is 5.25. The average molecular weight is 498 g/mol. The molecule has 0 fully saturated rings. The first kappa shape index (κ1) is 23.4. The summed E-state index contributed by atoms with van der Waals surface area (Å²) in [6.45, 7) is 0.551. The highest BCUT2D eigenvalue weighted by atomic mass is 31.1. The minimum absolute atomic E-state index is 0.0238. The number of hydrogen-bond donors (Lipinski definition) is 0. The summed E-state index contributed by atoms with van der Waals surface area (Å²) in [7, 11) is -0.725. The van der Waals surface area contributed by atoms with E-state index in [0.29, 0.717) is 6.61 Å². The fourth-order valence-corrected chi connectivity index (χ4v) is 7.54. The zero-order chi connectivity index (χ0) is 24.9. The van der Waals surface area contributed by atoms with Crippen molar-refractivity contribution in [1.29, 1.82) is 0 Å². The number of nitrogens with zero attached hydrogens (tertiary/aromatic N) is 1. The minimum atomic E-state index is -0.725. The third-order valence-electron chi connectivity index (χ3n) is 6.75. The van der Waals surface area contributed by atoms with E-state index in [0.717, 1.165) is 5.90 Å². The highest BCUT2D eigenvalue weighted by molar-refractivity contribution is 7.79. The maximum absolute atomic E-state index is 6.39. The molecule has 0 amide bonds. The van der Waals surface area contributed by atoms with Gasteiger partial charge in [0.25, 0.3) is 0 Å². The summed E-state index contributed by atoms with van der Waals surface area (Å²) in [6, 6.07) is 51.5. The van der Waals surface area contributed by atoms with Crippen LogP contribution in [0, 0.1) is 0 Å². The smallest absolute Gasteiger partial charge is 0.196 e. The number of aliphatic imine (C=N–C) groups is 1. The van der Waals surface area contributed by atoms with Gasteiger partial charge < -0.3 is 4.74 Å². The van der Waals surface area contributed by atoms with Crippen LogP contribution >= 0.6 is 7.92 Å². The van der Waals surface area contributed by atoms with E-state index < -0.39 is 7.92 Å². The summed E-state index contributed by atoms with van der Waals surface area (Å²) in [6.07, 6.45) is 0. The Hall–Kier alpha value is -4.00.